The van der Waals surface area contributed by atoms with E-state index in [2.05, 4.69) is 41.7 Å². The van der Waals surface area contributed by atoms with Crippen LogP contribution >= 0.6 is 15.9 Å². The Labute approximate surface area is 176 Å². The van der Waals surface area contributed by atoms with Crippen LogP contribution in [0.5, 0.6) is 0 Å². The number of oxime groups is 1. The summed E-state index contributed by atoms with van der Waals surface area (Å²) in [7, 11) is 2.03. The van der Waals surface area contributed by atoms with E-state index in [9.17, 15) is 17.6 Å². The quantitative estimate of drug-likeness (QED) is 0.104. The van der Waals surface area contributed by atoms with Gasteiger partial charge >= 0.3 is 0 Å². The molecule has 0 radical (unpaired) electrons. The van der Waals surface area contributed by atoms with Crippen molar-refractivity contribution in [3.05, 3.63) is 82.1 Å². The van der Waals surface area contributed by atoms with Crippen LogP contribution in [0, 0.1) is 23.3 Å². The molecular weight excluding hydrogens is 468 g/mol. The number of aryl methyl sites for hydroxylation is 1. The molecule has 2 heterocycles. The molecule has 0 aliphatic rings. The topological polar surface area (TPSA) is 63.3 Å². The number of rotatable bonds is 2. The maximum atomic E-state index is 12.9. The van der Waals surface area contributed by atoms with Crippen LogP contribution in [0.3, 0.4) is 0 Å². The van der Waals surface area contributed by atoms with Crippen molar-refractivity contribution in [3.8, 4) is 11.4 Å². The normalized spacial score (nSPS) is 11.0. The second kappa shape index (κ2) is 9.04. The van der Waals surface area contributed by atoms with Crippen LogP contribution in [-0.4, -0.2) is 26.0 Å². The van der Waals surface area contributed by atoms with Crippen LogP contribution in [-0.2, 0) is 7.05 Å². The van der Waals surface area contributed by atoms with Gasteiger partial charge in [0.05, 0.1) is 27.3 Å². The number of aromatic nitrogens is 3. The Bertz CT molecular complexity index is 1200. The molecule has 0 amide bonds. The van der Waals surface area contributed by atoms with E-state index in [1.54, 1.807) is 12.4 Å². The number of imidazole rings is 1. The molecular formula is C20H13BrF4N4O. The molecule has 0 saturated heterocycles. The van der Waals surface area contributed by atoms with Gasteiger partial charge < -0.3 is 9.77 Å². The first kappa shape index (κ1) is 21.4. The molecule has 4 aromatic rings. The predicted molar refractivity (Wildman–Crippen MR) is 107 cm³/mol. The fourth-order valence-electron chi connectivity index (χ4n) is 2.70. The summed E-state index contributed by atoms with van der Waals surface area (Å²) in [5, 5.41) is 10.3. The fourth-order valence-corrected chi connectivity index (χ4v) is 3.05. The third-order valence-corrected chi connectivity index (χ3v) is 4.85. The predicted octanol–water partition coefficient (Wildman–Crippen LogP) is 5.45. The molecule has 4 rings (SSSR count). The van der Waals surface area contributed by atoms with Crippen LogP contribution in [0.25, 0.3) is 22.4 Å². The second-order valence-electron chi connectivity index (χ2n) is 5.95. The number of para-hydroxylation sites is 2. The van der Waals surface area contributed by atoms with E-state index < -0.39 is 33.3 Å². The lowest BCUT2D eigenvalue weighted by Crippen LogP contribution is -2.03. The van der Waals surface area contributed by atoms with Gasteiger partial charge in [-0.15, -0.1) is 0 Å². The summed E-state index contributed by atoms with van der Waals surface area (Å²) in [6.07, 6.45) is 3.84. The maximum absolute atomic E-state index is 12.9. The zero-order chi connectivity index (χ0) is 21.8. The van der Waals surface area contributed by atoms with Crippen LogP contribution in [0.4, 0.5) is 17.6 Å². The Morgan fingerprint density at radius 1 is 0.967 bits per heavy atom. The largest absolute Gasteiger partial charge is 0.411 e. The van der Waals surface area contributed by atoms with Gasteiger partial charge in [-0.25, -0.2) is 22.5 Å². The molecule has 0 bridgehead atoms. The highest BCUT2D eigenvalue weighted by Gasteiger charge is 2.22. The van der Waals surface area contributed by atoms with Gasteiger partial charge in [0.25, 0.3) is 0 Å². The highest BCUT2D eigenvalue weighted by Crippen LogP contribution is 2.27. The van der Waals surface area contributed by atoms with Crippen LogP contribution in [0.2, 0.25) is 0 Å². The molecule has 30 heavy (non-hydrogen) atoms. The van der Waals surface area contributed by atoms with Crippen molar-refractivity contribution in [1.29, 1.82) is 0 Å². The lowest BCUT2D eigenvalue weighted by molar-refractivity contribution is 0.321. The van der Waals surface area contributed by atoms with Crippen molar-refractivity contribution in [3.63, 3.8) is 0 Å². The number of nitrogens with zero attached hydrogens (tertiary/aromatic N) is 4. The van der Waals surface area contributed by atoms with Crippen molar-refractivity contribution < 1.29 is 22.8 Å². The Hall–Kier alpha value is -3.27. The molecule has 0 saturated carbocycles. The van der Waals surface area contributed by atoms with E-state index in [1.165, 1.54) is 0 Å². The molecule has 0 aliphatic heterocycles. The van der Waals surface area contributed by atoms with Gasteiger partial charge in [-0.1, -0.05) is 17.3 Å². The van der Waals surface area contributed by atoms with Crippen LogP contribution < -0.4 is 0 Å². The molecule has 0 atom stereocenters. The first-order chi connectivity index (χ1) is 14.4. The van der Waals surface area contributed by atoms with Gasteiger partial charge in [-0.05, 0) is 40.2 Å². The molecule has 0 spiro atoms. The minimum Gasteiger partial charge on any atom is -0.411 e. The summed E-state index contributed by atoms with van der Waals surface area (Å²) in [6, 6.07) is 12.1. The third kappa shape index (κ3) is 4.04. The minimum absolute atomic E-state index is 0.267. The molecule has 10 heteroatoms. The molecule has 0 aliphatic carbocycles. The first-order valence-electron chi connectivity index (χ1n) is 8.37. The summed E-state index contributed by atoms with van der Waals surface area (Å²) >= 11 is 2.33. The molecule has 154 valence electrons. The van der Waals surface area contributed by atoms with E-state index >= 15 is 0 Å². The minimum atomic E-state index is -1.63. The number of benzene rings is 2. The van der Waals surface area contributed by atoms with Gasteiger partial charge in [-0.2, -0.15) is 0 Å². The molecule has 2 aromatic heterocycles. The Balaban J connectivity index is 0.000000173. The average molecular weight is 481 g/mol. The van der Waals surface area contributed by atoms with Gasteiger partial charge in [0.1, 0.15) is 5.82 Å². The molecule has 2 aromatic carbocycles. The lowest BCUT2D eigenvalue weighted by atomic mass is 10.2. The number of halogens is 5. The van der Waals surface area contributed by atoms with Crippen molar-refractivity contribution in [1.82, 2.24) is 14.5 Å². The number of hydrogen-bond acceptors (Lipinski definition) is 4. The summed E-state index contributed by atoms with van der Waals surface area (Å²) in [5.74, 6) is -5.46. The SMILES string of the molecule is Cn1c(-c2ccncc2)nc2ccccc21.O/N=C/c1c(F)c(F)c(Br)c(F)c1F. The zero-order valence-electron chi connectivity index (χ0n) is 15.3. The second-order valence-corrected chi connectivity index (χ2v) is 6.74. The monoisotopic (exact) mass is 480 g/mol. The number of hydrogen-bond donors (Lipinski definition) is 1. The lowest BCUT2D eigenvalue weighted by Gasteiger charge is -2.03. The Morgan fingerprint density at radius 3 is 2.13 bits per heavy atom. The van der Waals surface area contributed by atoms with Crippen LogP contribution in [0.1, 0.15) is 5.56 Å². The van der Waals surface area contributed by atoms with Crippen LogP contribution in [0.15, 0.2) is 58.4 Å². The highest BCUT2D eigenvalue weighted by molar-refractivity contribution is 9.10. The van der Waals surface area contributed by atoms with E-state index in [4.69, 9.17) is 5.21 Å². The Kier molecular flexibility index (Phi) is 6.46. The number of pyridine rings is 1. The van der Waals surface area contributed by atoms with E-state index in [-0.39, 0.29) is 6.21 Å². The van der Waals surface area contributed by atoms with E-state index in [0.29, 0.717) is 0 Å². The van der Waals surface area contributed by atoms with Gasteiger partial charge in [-0.3, -0.25) is 4.98 Å². The van der Waals surface area contributed by atoms with Crippen molar-refractivity contribution in [2.75, 3.05) is 0 Å². The van der Waals surface area contributed by atoms with Gasteiger partial charge in [0, 0.05) is 25.0 Å². The van der Waals surface area contributed by atoms with E-state index in [1.807, 2.05) is 37.4 Å². The molecule has 0 unspecified atom stereocenters. The first-order valence-corrected chi connectivity index (χ1v) is 9.16. The molecule has 1 N–H and O–H groups in total. The fraction of sp³-hybridized carbons (Fsp3) is 0.0500. The number of fused-ring (bicyclic) bond motifs is 1. The maximum Gasteiger partial charge on any atom is 0.176 e. The molecule has 5 nitrogen and oxygen atoms in total. The zero-order valence-corrected chi connectivity index (χ0v) is 16.9. The summed E-state index contributed by atoms with van der Waals surface area (Å²) < 4.78 is 52.5. The van der Waals surface area contributed by atoms with Gasteiger partial charge in [0.15, 0.2) is 23.3 Å². The Morgan fingerprint density at radius 2 is 1.57 bits per heavy atom. The van der Waals surface area contributed by atoms with E-state index in [0.717, 1.165) is 22.4 Å². The average Bonchev–Trinajstić information content (AvgIpc) is 3.12. The summed E-state index contributed by atoms with van der Waals surface area (Å²) in [4.78, 5) is 8.64. The standard InChI is InChI=1S/C13H11N3.C7H2BrF4NO/c1-16-12-5-3-2-4-11(12)15-13(16)10-6-8-14-9-7-10;8-3-6(11)4(9)2(1-13-14)5(10)7(3)12/h2-9H,1H3;1,14H/b;13-1+. The van der Waals surface area contributed by atoms with Gasteiger partial charge in [0.2, 0.25) is 0 Å². The summed E-state index contributed by atoms with van der Waals surface area (Å²) in [5.41, 5.74) is 2.19. The van der Waals surface area contributed by atoms with Crippen molar-refractivity contribution in [2.45, 2.75) is 0 Å². The third-order valence-electron chi connectivity index (χ3n) is 4.16. The van der Waals surface area contributed by atoms with Crippen molar-refractivity contribution in [2.24, 2.45) is 12.2 Å². The highest BCUT2D eigenvalue weighted by atomic mass is 79.9. The summed E-state index contributed by atoms with van der Waals surface area (Å²) in [6.45, 7) is 0. The molecule has 0 fully saturated rings. The smallest absolute Gasteiger partial charge is 0.176 e. The van der Waals surface area contributed by atoms with Crippen molar-refractivity contribution >= 4 is 33.2 Å².